The minimum Gasteiger partial charge on any atom is -0.469 e. The van der Waals surface area contributed by atoms with Gasteiger partial charge in [-0.15, -0.1) is 6.58 Å². The third-order valence-electron chi connectivity index (χ3n) is 4.63. The van der Waals surface area contributed by atoms with Crippen molar-refractivity contribution < 1.29 is 9.15 Å². The Morgan fingerprint density at radius 3 is 3.00 bits per heavy atom. The maximum Gasteiger partial charge on any atom is 0.194 e. The molecule has 1 aromatic heterocycles. The first kappa shape index (κ1) is 17.0. The fraction of sp³-hybridized carbons (Fsp3) is 0.611. The quantitative estimate of drug-likeness (QED) is 0.484. The molecule has 0 aliphatic carbocycles. The molecular weight excluding hydrogens is 304 g/mol. The molecule has 1 atom stereocenters. The largest absolute Gasteiger partial charge is 0.469 e. The van der Waals surface area contributed by atoms with E-state index in [0.29, 0.717) is 6.04 Å². The van der Waals surface area contributed by atoms with E-state index in [1.165, 1.54) is 6.42 Å². The van der Waals surface area contributed by atoms with Crippen LogP contribution in [0, 0.1) is 0 Å². The zero-order chi connectivity index (χ0) is 16.6. The second kappa shape index (κ2) is 8.89. The summed E-state index contributed by atoms with van der Waals surface area (Å²) in [5.74, 6) is 1.96. The van der Waals surface area contributed by atoms with Gasteiger partial charge in [0.05, 0.1) is 19.5 Å². The molecule has 3 heterocycles. The highest BCUT2D eigenvalue weighted by Gasteiger charge is 2.30. The van der Waals surface area contributed by atoms with Crippen LogP contribution in [-0.2, 0) is 11.2 Å². The van der Waals surface area contributed by atoms with Crippen LogP contribution in [0.3, 0.4) is 0 Å². The monoisotopic (exact) mass is 332 g/mol. The molecule has 1 N–H and O–H groups in total. The van der Waals surface area contributed by atoms with Crippen molar-refractivity contribution in [1.29, 1.82) is 0 Å². The summed E-state index contributed by atoms with van der Waals surface area (Å²) in [7, 11) is 0. The molecule has 132 valence electrons. The highest BCUT2D eigenvalue weighted by atomic mass is 16.5. The number of ether oxygens (including phenoxy) is 1. The van der Waals surface area contributed by atoms with E-state index in [1.807, 2.05) is 18.2 Å². The van der Waals surface area contributed by atoms with Crippen molar-refractivity contribution in [1.82, 2.24) is 15.1 Å². The first-order chi connectivity index (χ1) is 11.9. The summed E-state index contributed by atoms with van der Waals surface area (Å²) in [6, 6.07) is 4.52. The average Bonchev–Trinajstić information content (AvgIpc) is 3.30. The molecule has 0 radical (unpaired) electrons. The topological polar surface area (TPSA) is 53.2 Å². The Kier molecular flexibility index (Phi) is 6.32. The highest BCUT2D eigenvalue weighted by molar-refractivity contribution is 5.80. The van der Waals surface area contributed by atoms with Gasteiger partial charge in [0, 0.05) is 51.7 Å². The molecule has 2 fully saturated rings. The number of likely N-dealkylation sites (tertiary alicyclic amines) is 1. The molecule has 1 aromatic rings. The predicted octanol–water partition coefficient (Wildman–Crippen LogP) is 1.36. The van der Waals surface area contributed by atoms with Gasteiger partial charge in [-0.25, -0.2) is 0 Å². The molecule has 2 aliphatic rings. The third kappa shape index (κ3) is 4.61. The summed E-state index contributed by atoms with van der Waals surface area (Å²) in [6.07, 6.45) is 5.60. The van der Waals surface area contributed by atoms with Gasteiger partial charge in [0.25, 0.3) is 0 Å². The summed E-state index contributed by atoms with van der Waals surface area (Å²) in [6.45, 7) is 11.1. The van der Waals surface area contributed by atoms with Gasteiger partial charge in [0.2, 0.25) is 0 Å². The van der Waals surface area contributed by atoms with Gasteiger partial charge in [-0.1, -0.05) is 6.08 Å². The molecule has 0 amide bonds. The molecule has 0 saturated carbocycles. The van der Waals surface area contributed by atoms with E-state index in [1.54, 1.807) is 6.26 Å². The van der Waals surface area contributed by atoms with Gasteiger partial charge >= 0.3 is 0 Å². The Hall–Kier alpha value is -1.79. The van der Waals surface area contributed by atoms with Crippen molar-refractivity contribution in [3.8, 4) is 0 Å². The van der Waals surface area contributed by atoms with Crippen LogP contribution in [0.5, 0.6) is 0 Å². The number of nitrogens with one attached hydrogen (secondary N) is 1. The fourth-order valence-corrected chi connectivity index (χ4v) is 3.33. The Balaban J connectivity index is 1.55. The average molecular weight is 332 g/mol. The molecule has 1 unspecified atom stereocenters. The Morgan fingerprint density at radius 1 is 1.38 bits per heavy atom. The summed E-state index contributed by atoms with van der Waals surface area (Å²) in [5.41, 5.74) is 0. The van der Waals surface area contributed by atoms with E-state index in [4.69, 9.17) is 14.1 Å². The lowest BCUT2D eigenvalue weighted by Crippen LogP contribution is -2.46. The van der Waals surface area contributed by atoms with E-state index in [2.05, 4.69) is 21.7 Å². The molecule has 6 nitrogen and oxygen atoms in total. The highest BCUT2D eigenvalue weighted by Crippen LogP contribution is 2.17. The molecule has 2 saturated heterocycles. The zero-order valence-electron chi connectivity index (χ0n) is 14.3. The predicted molar refractivity (Wildman–Crippen MR) is 95.3 cm³/mol. The standard InChI is InChI=1S/C18H28N4O2/c1-2-7-19-18(20-8-5-17-4-3-12-24-17)22-9-6-16(15-22)21-10-13-23-14-11-21/h2-4,12,16H,1,5-11,13-15H2,(H,19,20). The number of morpholine rings is 1. The van der Waals surface area contributed by atoms with Crippen molar-refractivity contribution in [2.75, 3.05) is 52.5 Å². The van der Waals surface area contributed by atoms with Crippen molar-refractivity contribution in [3.63, 3.8) is 0 Å². The summed E-state index contributed by atoms with van der Waals surface area (Å²) < 4.78 is 10.8. The number of hydrogen-bond acceptors (Lipinski definition) is 4. The van der Waals surface area contributed by atoms with Crippen LogP contribution in [0.2, 0.25) is 0 Å². The van der Waals surface area contributed by atoms with E-state index < -0.39 is 0 Å². The van der Waals surface area contributed by atoms with Gasteiger partial charge in [-0.2, -0.15) is 0 Å². The number of rotatable bonds is 6. The van der Waals surface area contributed by atoms with Crippen LogP contribution in [0.25, 0.3) is 0 Å². The molecule has 0 bridgehead atoms. The second-order valence-electron chi connectivity index (χ2n) is 6.24. The first-order valence-electron chi connectivity index (χ1n) is 8.85. The van der Waals surface area contributed by atoms with E-state index in [9.17, 15) is 0 Å². The minimum atomic E-state index is 0.606. The third-order valence-corrected chi connectivity index (χ3v) is 4.63. The molecular formula is C18H28N4O2. The van der Waals surface area contributed by atoms with Crippen LogP contribution < -0.4 is 5.32 Å². The van der Waals surface area contributed by atoms with Gasteiger partial charge in [-0.3, -0.25) is 9.89 Å². The van der Waals surface area contributed by atoms with Crippen molar-refractivity contribution >= 4 is 5.96 Å². The maximum absolute atomic E-state index is 5.46. The molecule has 2 aliphatic heterocycles. The lowest BCUT2D eigenvalue weighted by Gasteiger charge is -2.32. The summed E-state index contributed by atoms with van der Waals surface area (Å²) in [4.78, 5) is 9.70. The number of hydrogen-bond donors (Lipinski definition) is 1. The number of nitrogens with zero attached hydrogens (tertiary/aromatic N) is 3. The number of furan rings is 1. The smallest absolute Gasteiger partial charge is 0.194 e. The van der Waals surface area contributed by atoms with Crippen molar-refractivity contribution in [2.24, 2.45) is 4.99 Å². The van der Waals surface area contributed by atoms with E-state index in [-0.39, 0.29) is 0 Å². The van der Waals surface area contributed by atoms with Crippen LogP contribution in [0.15, 0.2) is 40.5 Å². The normalized spacial score (nSPS) is 22.8. The number of guanidine groups is 1. The van der Waals surface area contributed by atoms with Crippen LogP contribution >= 0.6 is 0 Å². The molecule has 3 rings (SSSR count). The van der Waals surface area contributed by atoms with E-state index in [0.717, 1.165) is 70.6 Å². The van der Waals surface area contributed by atoms with Crippen LogP contribution in [-0.4, -0.2) is 74.3 Å². The van der Waals surface area contributed by atoms with Gasteiger partial charge in [0.1, 0.15) is 5.76 Å². The SMILES string of the molecule is C=CCNC(=NCCc1ccco1)N1CCC(N2CCOCC2)C1. The molecule has 24 heavy (non-hydrogen) atoms. The summed E-state index contributed by atoms with van der Waals surface area (Å²) in [5, 5.41) is 3.40. The van der Waals surface area contributed by atoms with Gasteiger partial charge in [-0.05, 0) is 18.6 Å². The van der Waals surface area contributed by atoms with Gasteiger partial charge in [0.15, 0.2) is 5.96 Å². The lowest BCUT2D eigenvalue weighted by molar-refractivity contribution is 0.0195. The Bertz CT molecular complexity index is 523. The lowest BCUT2D eigenvalue weighted by atomic mass is 10.2. The fourth-order valence-electron chi connectivity index (χ4n) is 3.33. The zero-order valence-corrected chi connectivity index (χ0v) is 14.3. The van der Waals surface area contributed by atoms with Gasteiger partial charge < -0.3 is 19.4 Å². The number of aliphatic imine (C=N–C) groups is 1. The van der Waals surface area contributed by atoms with E-state index >= 15 is 0 Å². The molecule has 6 heteroatoms. The van der Waals surface area contributed by atoms with Crippen molar-refractivity contribution in [2.45, 2.75) is 18.9 Å². The van der Waals surface area contributed by atoms with Crippen LogP contribution in [0.4, 0.5) is 0 Å². The summed E-state index contributed by atoms with van der Waals surface area (Å²) >= 11 is 0. The minimum absolute atomic E-state index is 0.606. The Labute approximate surface area is 144 Å². The van der Waals surface area contributed by atoms with Crippen LogP contribution in [0.1, 0.15) is 12.2 Å². The second-order valence-corrected chi connectivity index (χ2v) is 6.24. The maximum atomic E-state index is 5.46. The molecule has 0 aromatic carbocycles. The first-order valence-corrected chi connectivity index (χ1v) is 8.85. The molecule has 0 spiro atoms. The van der Waals surface area contributed by atoms with Crippen molar-refractivity contribution in [3.05, 3.63) is 36.8 Å². The Morgan fingerprint density at radius 2 is 2.25 bits per heavy atom.